The van der Waals surface area contributed by atoms with Gasteiger partial charge in [0.2, 0.25) is 0 Å². The highest BCUT2D eigenvalue weighted by Crippen LogP contribution is 2.13. The van der Waals surface area contributed by atoms with E-state index in [1.807, 2.05) is 0 Å². The number of carbonyl (C=O) groups excluding carboxylic acids is 1. The molecule has 1 unspecified atom stereocenters. The summed E-state index contributed by atoms with van der Waals surface area (Å²) in [5.41, 5.74) is 0. The summed E-state index contributed by atoms with van der Waals surface area (Å²) in [5, 5.41) is 0. The van der Waals surface area contributed by atoms with Gasteiger partial charge in [-0.15, -0.1) is 0 Å². The van der Waals surface area contributed by atoms with Crippen molar-refractivity contribution in [2.45, 2.75) is 39.2 Å². The van der Waals surface area contributed by atoms with Gasteiger partial charge in [-0.2, -0.15) is 0 Å². The van der Waals surface area contributed by atoms with Crippen molar-refractivity contribution >= 4 is 16.0 Å². The van der Waals surface area contributed by atoms with E-state index in [1.54, 1.807) is 6.92 Å². The van der Waals surface area contributed by atoms with Gasteiger partial charge in [-0.05, 0) is 19.8 Å². The summed E-state index contributed by atoms with van der Waals surface area (Å²) in [6, 6.07) is 1.27. The van der Waals surface area contributed by atoms with E-state index >= 15 is 0 Å². The minimum absolute atomic E-state index is 0.377. The van der Waals surface area contributed by atoms with Crippen molar-refractivity contribution in [3.8, 4) is 0 Å². The lowest BCUT2D eigenvalue weighted by Gasteiger charge is -2.09. The van der Waals surface area contributed by atoms with E-state index in [-0.39, 0.29) is 0 Å². The lowest BCUT2D eigenvalue weighted by molar-refractivity contribution is -0.121. The summed E-state index contributed by atoms with van der Waals surface area (Å²) >= 11 is 0. The molecule has 0 aliphatic heterocycles. The monoisotopic (exact) mass is 158 g/mol. The van der Waals surface area contributed by atoms with Crippen LogP contribution < -0.4 is 0 Å². The fourth-order valence-corrected chi connectivity index (χ4v) is 1.94. The van der Waals surface area contributed by atoms with E-state index in [1.165, 1.54) is 16.3 Å². The van der Waals surface area contributed by atoms with Gasteiger partial charge in [0.05, 0.1) is 0 Å². The van der Waals surface area contributed by atoms with Crippen molar-refractivity contribution < 1.29 is 4.79 Å². The van der Waals surface area contributed by atoms with Crippen LogP contribution in [-0.4, -0.2) is 16.0 Å². The molecule has 0 aromatic rings. The molecule has 0 bridgehead atoms. The third-order valence-corrected chi connectivity index (χ3v) is 2.43. The van der Waals surface area contributed by atoms with E-state index in [9.17, 15) is 4.79 Å². The predicted octanol–water partition coefficient (Wildman–Crippen LogP) is 1.17. The molecule has 0 aromatic heterocycles. The number of hydrogen-bond acceptors (Lipinski definition) is 1. The van der Waals surface area contributed by atoms with Gasteiger partial charge in [-0.3, -0.25) is 4.79 Å². The summed E-state index contributed by atoms with van der Waals surface area (Å²) in [6.07, 6.45) is 3.37. The molecule has 0 rings (SSSR count). The molecule has 0 N–H and O–H groups in total. The van der Waals surface area contributed by atoms with Crippen LogP contribution in [0, 0.1) is 5.92 Å². The molecule has 10 heavy (non-hydrogen) atoms. The molecule has 0 spiro atoms. The summed E-state index contributed by atoms with van der Waals surface area (Å²) in [4.78, 5) is 10.9. The Morgan fingerprint density at radius 1 is 1.50 bits per heavy atom. The van der Waals surface area contributed by atoms with Gasteiger partial charge in [-0.1, -0.05) is 19.4 Å². The van der Waals surface area contributed by atoms with E-state index < -0.39 is 0 Å². The Morgan fingerprint density at radius 3 is 2.40 bits per heavy atom. The van der Waals surface area contributed by atoms with Gasteiger partial charge in [0.1, 0.15) is 5.78 Å². The highest BCUT2D eigenvalue weighted by molar-refractivity contribution is 6.08. The minimum atomic E-state index is 0.377. The number of ketones is 1. The molecule has 0 radical (unpaired) electrons. The van der Waals surface area contributed by atoms with E-state index in [0.717, 1.165) is 19.3 Å². The summed E-state index contributed by atoms with van der Waals surface area (Å²) in [5.74, 6) is 0.764. The van der Waals surface area contributed by atoms with Crippen LogP contribution in [0.3, 0.4) is 0 Å². The molecule has 0 aliphatic rings. The number of hydrogen-bond donors (Lipinski definition) is 0. The Morgan fingerprint density at radius 2 is 2.10 bits per heavy atom. The zero-order valence-electron chi connectivity index (χ0n) is 7.31. The third kappa shape index (κ3) is 3.83. The maximum atomic E-state index is 10.9. The molecule has 1 atom stereocenters. The van der Waals surface area contributed by atoms with Crippen LogP contribution in [0.1, 0.15) is 33.1 Å². The highest BCUT2D eigenvalue weighted by Gasteiger charge is 2.10. The van der Waals surface area contributed by atoms with Crippen molar-refractivity contribution in [2.24, 2.45) is 5.92 Å². The average molecular weight is 158 g/mol. The van der Waals surface area contributed by atoms with Crippen molar-refractivity contribution in [1.29, 1.82) is 0 Å². The predicted molar refractivity (Wildman–Crippen MR) is 48.4 cm³/mol. The first-order chi connectivity index (χ1) is 4.72. The van der Waals surface area contributed by atoms with Crippen LogP contribution in [0.5, 0.6) is 0 Å². The minimum Gasteiger partial charge on any atom is -0.300 e. The first kappa shape index (κ1) is 9.89. The highest BCUT2D eigenvalue weighted by atomic mass is 28.1. The van der Waals surface area contributed by atoms with E-state index in [2.05, 4.69) is 6.92 Å². The van der Waals surface area contributed by atoms with Crippen molar-refractivity contribution in [3.63, 3.8) is 0 Å². The Bertz CT molecular complexity index is 95.4. The fourth-order valence-electron chi connectivity index (χ4n) is 1.25. The van der Waals surface area contributed by atoms with E-state index in [4.69, 9.17) is 0 Å². The summed E-state index contributed by atoms with van der Waals surface area (Å²) in [6.45, 7) is 3.86. The largest absolute Gasteiger partial charge is 0.300 e. The Labute approximate surface area is 66.6 Å². The van der Waals surface area contributed by atoms with Gasteiger partial charge >= 0.3 is 0 Å². The molecule has 0 fully saturated rings. The van der Waals surface area contributed by atoms with Gasteiger partial charge in [0, 0.05) is 16.2 Å². The lowest BCUT2D eigenvalue weighted by Crippen LogP contribution is -2.09. The van der Waals surface area contributed by atoms with Gasteiger partial charge in [0.15, 0.2) is 0 Å². The van der Waals surface area contributed by atoms with Crippen molar-refractivity contribution in [3.05, 3.63) is 0 Å². The molecular formula is C8H18OSi. The van der Waals surface area contributed by atoms with Gasteiger partial charge in [0.25, 0.3) is 0 Å². The molecule has 0 saturated carbocycles. The van der Waals surface area contributed by atoms with E-state index in [0.29, 0.717) is 11.7 Å². The average Bonchev–Trinajstić information content (AvgIpc) is 1.87. The smallest absolute Gasteiger partial charge is 0.132 e. The molecule has 0 heterocycles. The number of Topliss-reactive ketones (excluding diaryl/α,β-unsaturated/α-hetero) is 1. The molecule has 0 aromatic carbocycles. The second kappa shape index (κ2) is 5.66. The zero-order valence-corrected chi connectivity index (χ0v) is 9.31. The first-order valence-corrected chi connectivity index (χ1v) is 5.64. The molecular weight excluding hydrogens is 140 g/mol. The fraction of sp³-hybridized carbons (Fsp3) is 0.875. The van der Waals surface area contributed by atoms with Crippen LogP contribution in [0.4, 0.5) is 0 Å². The quantitative estimate of drug-likeness (QED) is 0.549. The Hall–Kier alpha value is -0.113. The topological polar surface area (TPSA) is 17.1 Å². The molecule has 0 aliphatic carbocycles. The lowest BCUT2D eigenvalue weighted by atomic mass is 9.97. The second-order valence-electron chi connectivity index (χ2n) is 2.88. The Kier molecular flexibility index (Phi) is 5.59. The van der Waals surface area contributed by atoms with Gasteiger partial charge in [-0.25, -0.2) is 0 Å². The van der Waals surface area contributed by atoms with Crippen LogP contribution in [0.25, 0.3) is 0 Å². The normalized spacial score (nSPS) is 13.4. The molecule has 0 amide bonds. The zero-order chi connectivity index (χ0) is 7.98. The summed E-state index contributed by atoms with van der Waals surface area (Å²) < 4.78 is 0. The maximum absolute atomic E-state index is 10.9. The molecule has 0 saturated heterocycles. The molecule has 2 heteroatoms. The van der Waals surface area contributed by atoms with Gasteiger partial charge < -0.3 is 0 Å². The maximum Gasteiger partial charge on any atom is 0.132 e. The second-order valence-corrected chi connectivity index (χ2v) is 3.88. The summed E-state index contributed by atoms with van der Waals surface area (Å²) in [7, 11) is 1.24. The van der Waals surface area contributed by atoms with Crippen LogP contribution in [0.15, 0.2) is 0 Å². The van der Waals surface area contributed by atoms with Crippen molar-refractivity contribution in [2.75, 3.05) is 0 Å². The molecule has 60 valence electrons. The van der Waals surface area contributed by atoms with Crippen molar-refractivity contribution in [1.82, 2.24) is 0 Å². The van der Waals surface area contributed by atoms with Crippen LogP contribution >= 0.6 is 0 Å². The standard InChI is InChI=1S/C8H18OSi/c1-3-4-8(5-6-10)7(2)9/h8H,3-6H2,1-2,10H3. The SMILES string of the molecule is CCCC(CC[SiH3])C(C)=O. The first-order valence-electron chi connectivity index (χ1n) is 4.22. The molecule has 1 nitrogen and oxygen atoms in total. The third-order valence-electron chi connectivity index (χ3n) is 1.85. The number of carbonyl (C=O) groups is 1. The van der Waals surface area contributed by atoms with Crippen LogP contribution in [0.2, 0.25) is 6.04 Å². The number of rotatable bonds is 5. The Balaban J connectivity index is 3.61. The van der Waals surface area contributed by atoms with Crippen LogP contribution in [-0.2, 0) is 4.79 Å².